The number of carbonyl (C=O) groups excluding carboxylic acids is 1. The number of anilines is 1. The molecule has 2 aromatic heterocycles. The third kappa shape index (κ3) is 4.34. The van der Waals surface area contributed by atoms with E-state index in [0.717, 1.165) is 10.2 Å². The number of nitrogens with one attached hydrogen (secondary N) is 1. The van der Waals surface area contributed by atoms with Crippen molar-refractivity contribution in [1.82, 2.24) is 25.6 Å². The number of tetrazole rings is 1. The number of rotatable bonds is 5. The van der Waals surface area contributed by atoms with E-state index >= 15 is 0 Å². The molecule has 2 heterocycles. The first-order valence-corrected chi connectivity index (χ1v) is 7.67. The maximum atomic E-state index is 11.7. The van der Waals surface area contributed by atoms with Crippen LogP contribution in [0.15, 0.2) is 39.9 Å². The zero-order valence-electron chi connectivity index (χ0n) is 12.6. The van der Waals surface area contributed by atoms with E-state index in [-0.39, 0.29) is 12.5 Å². The molecule has 0 radical (unpaired) electrons. The van der Waals surface area contributed by atoms with Crippen LogP contribution in [0, 0.1) is 0 Å². The number of halogens is 2. The maximum Gasteiger partial charge on any atom is 0.261 e. The summed E-state index contributed by atoms with van der Waals surface area (Å²) < 4.78 is 6.75. The van der Waals surface area contributed by atoms with Gasteiger partial charge in [0.1, 0.15) is 18.1 Å². The molecule has 0 unspecified atom stereocenters. The molecule has 3 N–H and O–H groups in total. The minimum absolute atomic E-state index is 0.0370. The summed E-state index contributed by atoms with van der Waals surface area (Å²) in [7, 11) is 0. The number of benzene rings is 1. The smallest absolute Gasteiger partial charge is 0.261 e. The first-order chi connectivity index (χ1) is 12.0. The topological polar surface area (TPSA) is 124 Å². The van der Waals surface area contributed by atoms with E-state index in [1.807, 2.05) is 0 Å². The number of nitrogen functional groups attached to an aromatic ring is 1. The van der Waals surface area contributed by atoms with Crippen LogP contribution in [0.4, 0.5) is 5.95 Å². The van der Waals surface area contributed by atoms with Crippen molar-refractivity contribution in [3.05, 3.63) is 46.1 Å². The standard InChI is InChI=1S/C14H11Cl2N7O2/c15-9-3-8(4-10(16)5-9)12-2-1-11(25-12)6-18-19-13(24)7-23-14(17)20-21-22-23/h1-6H,7H2,(H,19,24)(H2,17,20,22)/b18-6-. The van der Waals surface area contributed by atoms with Gasteiger partial charge in [-0.25, -0.2) is 10.1 Å². The average molecular weight is 380 g/mol. The fourth-order valence-corrected chi connectivity index (χ4v) is 2.46. The monoisotopic (exact) mass is 379 g/mol. The molecule has 1 amide bonds. The van der Waals surface area contributed by atoms with Gasteiger partial charge in [0.2, 0.25) is 5.95 Å². The highest BCUT2D eigenvalue weighted by atomic mass is 35.5. The second-order valence-electron chi connectivity index (χ2n) is 4.85. The molecule has 0 aliphatic carbocycles. The van der Waals surface area contributed by atoms with E-state index in [2.05, 4.69) is 26.1 Å². The van der Waals surface area contributed by atoms with Crippen LogP contribution in [0.5, 0.6) is 0 Å². The summed E-state index contributed by atoms with van der Waals surface area (Å²) in [5.41, 5.74) is 8.51. The van der Waals surface area contributed by atoms with Crippen LogP contribution in [-0.4, -0.2) is 32.3 Å². The molecule has 0 saturated carbocycles. The summed E-state index contributed by atoms with van der Waals surface area (Å²) in [4.78, 5) is 11.7. The second kappa shape index (κ2) is 7.32. The number of hydrogen-bond acceptors (Lipinski definition) is 7. The van der Waals surface area contributed by atoms with Crippen molar-refractivity contribution in [2.75, 3.05) is 5.73 Å². The molecular formula is C14H11Cl2N7O2. The van der Waals surface area contributed by atoms with Crippen molar-refractivity contribution < 1.29 is 9.21 Å². The van der Waals surface area contributed by atoms with Crippen molar-refractivity contribution in [1.29, 1.82) is 0 Å². The van der Waals surface area contributed by atoms with Crippen molar-refractivity contribution in [2.45, 2.75) is 6.54 Å². The quantitative estimate of drug-likeness (QED) is 0.515. The molecule has 3 aromatic rings. The predicted molar refractivity (Wildman–Crippen MR) is 92.1 cm³/mol. The van der Waals surface area contributed by atoms with Gasteiger partial charge in [-0.15, -0.1) is 0 Å². The lowest BCUT2D eigenvalue weighted by Crippen LogP contribution is -2.24. The number of hydrazone groups is 1. The molecular weight excluding hydrogens is 369 g/mol. The summed E-state index contributed by atoms with van der Waals surface area (Å²) in [5.74, 6) is 0.602. The van der Waals surface area contributed by atoms with Crippen LogP contribution >= 0.6 is 23.2 Å². The summed E-state index contributed by atoms with van der Waals surface area (Å²) in [6.07, 6.45) is 1.36. The predicted octanol–water partition coefficient (Wildman–Crippen LogP) is 1.97. The lowest BCUT2D eigenvalue weighted by molar-refractivity contribution is -0.121. The Bertz CT molecular complexity index is 915. The summed E-state index contributed by atoms with van der Waals surface area (Å²) in [6, 6.07) is 8.52. The number of hydrogen-bond donors (Lipinski definition) is 2. The Morgan fingerprint density at radius 2 is 2.08 bits per heavy atom. The Morgan fingerprint density at radius 3 is 2.76 bits per heavy atom. The Labute approximate surface area is 151 Å². The number of nitrogens with zero attached hydrogens (tertiary/aromatic N) is 5. The molecule has 9 nitrogen and oxygen atoms in total. The first kappa shape index (κ1) is 16.9. The summed E-state index contributed by atoms with van der Waals surface area (Å²) in [6.45, 7) is -0.152. The number of amides is 1. The lowest BCUT2D eigenvalue weighted by Gasteiger charge is -2.00. The van der Waals surface area contributed by atoms with Crippen LogP contribution in [0.1, 0.15) is 5.76 Å². The number of aromatic nitrogens is 4. The van der Waals surface area contributed by atoms with Crippen molar-refractivity contribution >= 4 is 41.3 Å². The second-order valence-corrected chi connectivity index (χ2v) is 5.72. The van der Waals surface area contributed by atoms with Gasteiger partial charge < -0.3 is 10.2 Å². The number of furan rings is 1. The van der Waals surface area contributed by atoms with Gasteiger partial charge in [-0.2, -0.15) is 5.10 Å². The molecule has 0 spiro atoms. The third-order valence-electron chi connectivity index (χ3n) is 3.01. The van der Waals surface area contributed by atoms with Crippen molar-refractivity contribution in [3.63, 3.8) is 0 Å². The van der Waals surface area contributed by atoms with Crippen molar-refractivity contribution in [2.24, 2.45) is 5.10 Å². The average Bonchev–Trinajstić information content (AvgIpc) is 3.16. The highest BCUT2D eigenvalue weighted by molar-refractivity contribution is 6.35. The Morgan fingerprint density at radius 1 is 1.32 bits per heavy atom. The van der Waals surface area contributed by atoms with Gasteiger partial charge >= 0.3 is 0 Å². The van der Waals surface area contributed by atoms with E-state index in [9.17, 15) is 4.79 Å². The van der Waals surface area contributed by atoms with Crippen LogP contribution in [-0.2, 0) is 11.3 Å². The van der Waals surface area contributed by atoms with Crippen LogP contribution < -0.4 is 11.2 Å². The zero-order chi connectivity index (χ0) is 17.8. The molecule has 25 heavy (non-hydrogen) atoms. The molecule has 0 saturated heterocycles. The Hall–Kier alpha value is -2.91. The molecule has 11 heteroatoms. The molecule has 0 atom stereocenters. The maximum absolute atomic E-state index is 11.7. The molecule has 0 aliphatic heterocycles. The van der Waals surface area contributed by atoms with Crippen LogP contribution in [0.3, 0.4) is 0 Å². The Kier molecular flexibility index (Phi) is 4.96. The Balaban J connectivity index is 1.62. The summed E-state index contributed by atoms with van der Waals surface area (Å²) in [5, 5.41) is 15.2. The molecule has 0 aliphatic rings. The minimum atomic E-state index is -0.441. The highest BCUT2D eigenvalue weighted by Crippen LogP contribution is 2.28. The van der Waals surface area contributed by atoms with Crippen molar-refractivity contribution in [3.8, 4) is 11.3 Å². The van der Waals surface area contributed by atoms with Gasteiger partial charge in [-0.1, -0.05) is 28.3 Å². The third-order valence-corrected chi connectivity index (χ3v) is 3.44. The lowest BCUT2D eigenvalue weighted by atomic mass is 10.2. The van der Waals surface area contributed by atoms with Crippen LogP contribution in [0.2, 0.25) is 10.0 Å². The largest absolute Gasteiger partial charge is 0.455 e. The minimum Gasteiger partial charge on any atom is -0.455 e. The molecule has 3 rings (SSSR count). The summed E-state index contributed by atoms with van der Waals surface area (Å²) >= 11 is 11.9. The SMILES string of the molecule is Nc1nnnn1CC(=O)N/N=C\c1ccc(-c2cc(Cl)cc(Cl)c2)o1. The number of nitrogens with two attached hydrogens (primary N) is 1. The molecule has 0 fully saturated rings. The zero-order valence-corrected chi connectivity index (χ0v) is 14.1. The molecule has 0 bridgehead atoms. The fourth-order valence-electron chi connectivity index (χ4n) is 1.94. The van der Waals surface area contributed by atoms with Gasteiger partial charge in [0, 0.05) is 15.6 Å². The van der Waals surface area contributed by atoms with E-state index in [0.29, 0.717) is 21.6 Å². The molecule has 128 valence electrons. The molecule has 1 aromatic carbocycles. The van der Waals surface area contributed by atoms with E-state index in [1.165, 1.54) is 6.21 Å². The van der Waals surface area contributed by atoms with E-state index < -0.39 is 5.91 Å². The van der Waals surface area contributed by atoms with Gasteiger partial charge in [-0.05, 0) is 40.8 Å². The van der Waals surface area contributed by atoms with Gasteiger partial charge in [0.25, 0.3) is 5.91 Å². The first-order valence-electron chi connectivity index (χ1n) is 6.91. The highest BCUT2D eigenvalue weighted by Gasteiger charge is 2.08. The van der Waals surface area contributed by atoms with E-state index in [4.69, 9.17) is 33.4 Å². The van der Waals surface area contributed by atoms with Gasteiger partial charge in [0.05, 0.1) is 6.21 Å². The van der Waals surface area contributed by atoms with Gasteiger partial charge in [-0.3, -0.25) is 4.79 Å². The van der Waals surface area contributed by atoms with E-state index in [1.54, 1.807) is 30.3 Å². The number of carbonyl (C=O) groups is 1. The van der Waals surface area contributed by atoms with Crippen LogP contribution in [0.25, 0.3) is 11.3 Å². The fraction of sp³-hybridized carbons (Fsp3) is 0.0714. The van der Waals surface area contributed by atoms with Gasteiger partial charge in [0.15, 0.2) is 0 Å². The normalized spacial score (nSPS) is 11.1.